The molecule has 14 heavy (non-hydrogen) atoms. The minimum absolute atomic E-state index is 0.0725. The van der Waals surface area contributed by atoms with Crippen LogP contribution in [0.1, 0.15) is 19.8 Å². The third kappa shape index (κ3) is 2.46. The number of nitrogens with one attached hydrogen (secondary N) is 1. The van der Waals surface area contributed by atoms with Gasteiger partial charge in [0.25, 0.3) is 0 Å². The molecule has 2 rings (SSSR count). The second kappa shape index (κ2) is 3.79. The topological polar surface area (TPSA) is 55.4 Å². The number of hydrogen-bond donors (Lipinski definition) is 1. The van der Waals surface area contributed by atoms with E-state index in [1.807, 2.05) is 0 Å². The van der Waals surface area contributed by atoms with E-state index >= 15 is 0 Å². The van der Waals surface area contributed by atoms with E-state index in [1.165, 1.54) is 0 Å². The zero-order chi connectivity index (χ0) is 10.2. The average molecular weight is 219 g/mol. The lowest BCUT2D eigenvalue weighted by Crippen LogP contribution is -2.30. The molecular weight excluding hydrogens is 202 g/mol. The molecule has 4 nitrogen and oxygen atoms in total. The van der Waals surface area contributed by atoms with Crippen molar-refractivity contribution in [3.8, 4) is 0 Å². The predicted molar refractivity (Wildman–Crippen MR) is 53.7 cm³/mol. The smallest absolute Gasteiger partial charge is 0.150 e. The minimum atomic E-state index is -2.73. The highest BCUT2D eigenvalue weighted by atomic mass is 32.2. The highest BCUT2D eigenvalue weighted by molar-refractivity contribution is 7.91. The number of ether oxygens (including phenoxy) is 1. The first-order chi connectivity index (χ1) is 6.55. The molecule has 2 fully saturated rings. The van der Waals surface area contributed by atoms with E-state index in [-0.39, 0.29) is 6.23 Å². The summed E-state index contributed by atoms with van der Waals surface area (Å²) in [4.78, 5) is 0. The van der Waals surface area contributed by atoms with Crippen molar-refractivity contribution in [3.63, 3.8) is 0 Å². The summed E-state index contributed by atoms with van der Waals surface area (Å²) in [5, 5.41) is 3.29. The maximum absolute atomic E-state index is 11.2. The van der Waals surface area contributed by atoms with Crippen molar-refractivity contribution in [2.24, 2.45) is 5.92 Å². The van der Waals surface area contributed by atoms with Gasteiger partial charge < -0.3 is 4.74 Å². The molecule has 0 aromatic carbocycles. The summed E-state index contributed by atoms with van der Waals surface area (Å²) in [5.74, 6) is 1.01. The standard InChI is InChI=1S/C9H17NO3S/c1-7-5-13-9(10-7)4-8-2-3-14(11,12)6-8/h7-10H,2-6H2,1H3. The molecule has 2 aliphatic rings. The van der Waals surface area contributed by atoms with Crippen molar-refractivity contribution < 1.29 is 13.2 Å². The predicted octanol–water partition coefficient (Wildman–Crippen LogP) is 0.146. The first-order valence-electron chi connectivity index (χ1n) is 5.13. The summed E-state index contributed by atoms with van der Waals surface area (Å²) in [7, 11) is -2.73. The van der Waals surface area contributed by atoms with Gasteiger partial charge in [0.1, 0.15) is 6.23 Å². The molecule has 0 aliphatic carbocycles. The molecule has 0 radical (unpaired) electrons. The average Bonchev–Trinajstić information content (AvgIpc) is 2.59. The van der Waals surface area contributed by atoms with Crippen LogP contribution in [-0.2, 0) is 14.6 Å². The van der Waals surface area contributed by atoms with Crippen molar-refractivity contribution in [2.75, 3.05) is 18.1 Å². The molecule has 1 N–H and O–H groups in total. The Bertz CT molecular complexity index is 301. The highest BCUT2D eigenvalue weighted by Crippen LogP contribution is 2.24. The van der Waals surface area contributed by atoms with Crippen LogP contribution >= 0.6 is 0 Å². The summed E-state index contributed by atoms with van der Waals surface area (Å²) in [6, 6.07) is 0.401. The number of hydrogen-bond acceptors (Lipinski definition) is 4. The van der Waals surface area contributed by atoms with Crippen LogP contribution in [0.15, 0.2) is 0 Å². The van der Waals surface area contributed by atoms with Crippen LogP contribution in [0, 0.1) is 5.92 Å². The molecule has 82 valence electrons. The zero-order valence-corrected chi connectivity index (χ0v) is 9.22. The SMILES string of the molecule is CC1COC(CC2CCS(=O)(=O)C2)N1. The Kier molecular flexibility index (Phi) is 2.81. The Balaban J connectivity index is 1.82. The Hall–Kier alpha value is -0.130. The monoisotopic (exact) mass is 219 g/mol. The number of rotatable bonds is 2. The van der Waals surface area contributed by atoms with Gasteiger partial charge in [-0.3, -0.25) is 5.32 Å². The quantitative estimate of drug-likeness (QED) is 0.718. The van der Waals surface area contributed by atoms with Crippen LogP contribution in [0.4, 0.5) is 0 Å². The summed E-state index contributed by atoms with van der Waals surface area (Å²) in [6.07, 6.45) is 1.71. The van der Waals surface area contributed by atoms with Gasteiger partial charge in [0.2, 0.25) is 0 Å². The Morgan fingerprint density at radius 3 is 2.79 bits per heavy atom. The Morgan fingerprint density at radius 1 is 1.50 bits per heavy atom. The zero-order valence-electron chi connectivity index (χ0n) is 8.40. The second-order valence-electron chi connectivity index (χ2n) is 4.39. The van der Waals surface area contributed by atoms with E-state index in [4.69, 9.17) is 4.74 Å². The molecule has 3 unspecified atom stereocenters. The van der Waals surface area contributed by atoms with Crippen molar-refractivity contribution in [3.05, 3.63) is 0 Å². The van der Waals surface area contributed by atoms with E-state index in [9.17, 15) is 8.42 Å². The maximum atomic E-state index is 11.2. The van der Waals surface area contributed by atoms with Gasteiger partial charge in [0.05, 0.1) is 18.1 Å². The van der Waals surface area contributed by atoms with Crippen molar-refractivity contribution in [1.82, 2.24) is 5.32 Å². The Labute approximate surface area is 84.9 Å². The molecule has 2 saturated heterocycles. The van der Waals surface area contributed by atoms with Gasteiger partial charge in [-0.1, -0.05) is 0 Å². The summed E-state index contributed by atoms with van der Waals surface area (Å²) in [5.41, 5.74) is 0. The maximum Gasteiger partial charge on any atom is 0.150 e. The highest BCUT2D eigenvalue weighted by Gasteiger charge is 2.31. The van der Waals surface area contributed by atoms with Crippen LogP contribution < -0.4 is 5.32 Å². The molecule has 0 bridgehead atoms. The van der Waals surface area contributed by atoms with Crippen LogP contribution in [0.5, 0.6) is 0 Å². The summed E-state index contributed by atoms with van der Waals surface area (Å²) < 4.78 is 27.9. The fourth-order valence-corrected chi connectivity index (χ4v) is 4.05. The van der Waals surface area contributed by atoms with Crippen molar-refractivity contribution in [2.45, 2.75) is 32.0 Å². The molecule has 2 heterocycles. The molecular formula is C9H17NO3S. The fraction of sp³-hybridized carbons (Fsp3) is 1.00. The first-order valence-corrected chi connectivity index (χ1v) is 6.95. The van der Waals surface area contributed by atoms with E-state index in [2.05, 4.69) is 12.2 Å². The molecule has 5 heteroatoms. The van der Waals surface area contributed by atoms with Gasteiger partial charge in [0.15, 0.2) is 9.84 Å². The van der Waals surface area contributed by atoms with Gasteiger partial charge in [-0.25, -0.2) is 8.42 Å². The van der Waals surface area contributed by atoms with Crippen LogP contribution in [0.3, 0.4) is 0 Å². The number of sulfone groups is 1. The Morgan fingerprint density at radius 2 is 2.29 bits per heavy atom. The lowest BCUT2D eigenvalue weighted by Gasteiger charge is -2.14. The molecule has 0 amide bonds. The second-order valence-corrected chi connectivity index (χ2v) is 6.62. The molecule has 0 aromatic heterocycles. The van der Waals surface area contributed by atoms with E-state index < -0.39 is 9.84 Å². The van der Waals surface area contributed by atoms with Gasteiger partial charge in [-0.15, -0.1) is 0 Å². The summed E-state index contributed by atoms with van der Waals surface area (Å²) >= 11 is 0. The summed E-state index contributed by atoms with van der Waals surface area (Å²) in [6.45, 7) is 2.82. The third-order valence-electron chi connectivity index (χ3n) is 2.89. The molecule has 0 aromatic rings. The first kappa shape index (κ1) is 10.4. The van der Waals surface area contributed by atoms with E-state index in [0.29, 0.717) is 23.5 Å². The van der Waals surface area contributed by atoms with Crippen LogP contribution in [0.2, 0.25) is 0 Å². The fourth-order valence-electron chi connectivity index (χ4n) is 2.17. The minimum Gasteiger partial charge on any atom is -0.362 e. The molecule has 3 atom stereocenters. The van der Waals surface area contributed by atoms with Crippen molar-refractivity contribution >= 4 is 9.84 Å². The van der Waals surface area contributed by atoms with E-state index in [0.717, 1.165) is 19.4 Å². The largest absolute Gasteiger partial charge is 0.362 e. The van der Waals surface area contributed by atoms with Gasteiger partial charge in [-0.2, -0.15) is 0 Å². The van der Waals surface area contributed by atoms with Crippen molar-refractivity contribution in [1.29, 1.82) is 0 Å². The molecule has 0 spiro atoms. The van der Waals surface area contributed by atoms with Gasteiger partial charge >= 0.3 is 0 Å². The van der Waals surface area contributed by atoms with Crippen LogP contribution in [0.25, 0.3) is 0 Å². The normalized spacial score (nSPS) is 41.6. The van der Waals surface area contributed by atoms with Crippen LogP contribution in [-0.4, -0.2) is 38.8 Å². The third-order valence-corrected chi connectivity index (χ3v) is 4.73. The molecule has 2 aliphatic heterocycles. The van der Waals surface area contributed by atoms with Gasteiger partial charge in [0, 0.05) is 6.04 Å². The van der Waals surface area contributed by atoms with Gasteiger partial charge in [-0.05, 0) is 25.7 Å². The lowest BCUT2D eigenvalue weighted by atomic mass is 10.0. The lowest BCUT2D eigenvalue weighted by molar-refractivity contribution is 0.0819. The van der Waals surface area contributed by atoms with E-state index in [1.54, 1.807) is 0 Å². The molecule has 0 saturated carbocycles.